The predicted octanol–water partition coefficient (Wildman–Crippen LogP) is 0.913. The van der Waals surface area contributed by atoms with Gasteiger partial charge in [-0.05, 0) is 18.9 Å². The fourth-order valence-electron chi connectivity index (χ4n) is 1.97. The number of hydrogen-bond donors (Lipinski definition) is 1. The minimum Gasteiger partial charge on any atom is -0.481 e. The van der Waals surface area contributed by atoms with Crippen LogP contribution in [0.5, 0.6) is 0 Å². The Morgan fingerprint density at radius 2 is 2.05 bits per heavy atom. The van der Waals surface area contributed by atoms with Crippen molar-refractivity contribution in [2.45, 2.75) is 24.5 Å². The summed E-state index contributed by atoms with van der Waals surface area (Å²) in [6, 6.07) is 3.31. The third-order valence-corrected chi connectivity index (χ3v) is 5.29. The van der Waals surface area contributed by atoms with E-state index in [9.17, 15) is 13.2 Å². The molecule has 21 heavy (non-hydrogen) atoms. The minimum absolute atomic E-state index is 0.143. The van der Waals surface area contributed by atoms with E-state index in [-0.39, 0.29) is 11.7 Å². The Morgan fingerprint density at radius 1 is 1.29 bits per heavy atom. The van der Waals surface area contributed by atoms with Crippen molar-refractivity contribution in [3.63, 3.8) is 0 Å². The standard InChI is InChI=1S/C13H13N3O4S/c17-13(18)5-11-2-1-9(6-14-11)10-7-15-16(8-10)21(19,20)12-3-4-12/h1-2,6-8,12H,3-5H2,(H,17,18). The highest BCUT2D eigenvalue weighted by Gasteiger charge is 2.37. The molecule has 1 aliphatic carbocycles. The number of pyridine rings is 1. The van der Waals surface area contributed by atoms with Crippen molar-refractivity contribution in [2.24, 2.45) is 0 Å². The van der Waals surface area contributed by atoms with Gasteiger partial charge in [-0.15, -0.1) is 0 Å². The van der Waals surface area contributed by atoms with Crippen LogP contribution in [-0.4, -0.2) is 38.9 Å². The lowest BCUT2D eigenvalue weighted by molar-refractivity contribution is -0.136. The quantitative estimate of drug-likeness (QED) is 0.881. The van der Waals surface area contributed by atoms with E-state index < -0.39 is 16.0 Å². The summed E-state index contributed by atoms with van der Waals surface area (Å²) >= 11 is 0. The molecule has 1 saturated carbocycles. The largest absolute Gasteiger partial charge is 0.481 e. The van der Waals surface area contributed by atoms with Crippen molar-refractivity contribution in [1.82, 2.24) is 14.2 Å². The molecule has 3 rings (SSSR count). The van der Waals surface area contributed by atoms with Crippen LogP contribution in [0.3, 0.4) is 0 Å². The molecule has 1 fully saturated rings. The molecule has 2 heterocycles. The second-order valence-electron chi connectivity index (χ2n) is 4.95. The fourth-order valence-corrected chi connectivity index (χ4v) is 3.44. The van der Waals surface area contributed by atoms with Gasteiger partial charge in [0.1, 0.15) is 0 Å². The van der Waals surface area contributed by atoms with Gasteiger partial charge in [0.05, 0.1) is 29.8 Å². The summed E-state index contributed by atoms with van der Waals surface area (Å²) in [5.41, 5.74) is 1.78. The summed E-state index contributed by atoms with van der Waals surface area (Å²) in [6.45, 7) is 0. The van der Waals surface area contributed by atoms with E-state index in [0.717, 1.165) is 4.09 Å². The van der Waals surface area contributed by atoms with E-state index in [1.807, 2.05) is 0 Å². The molecule has 2 aromatic rings. The van der Waals surface area contributed by atoms with Crippen LogP contribution >= 0.6 is 0 Å². The van der Waals surface area contributed by atoms with Crippen molar-refractivity contribution in [3.05, 3.63) is 36.4 Å². The summed E-state index contributed by atoms with van der Waals surface area (Å²) in [5.74, 6) is -0.946. The van der Waals surface area contributed by atoms with Gasteiger partial charge in [0.2, 0.25) is 0 Å². The van der Waals surface area contributed by atoms with Crippen LogP contribution in [0, 0.1) is 0 Å². The Balaban J connectivity index is 1.84. The lowest BCUT2D eigenvalue weighted by Crippen LogP contribution is -2.17. The third kappa shape index (κ3) is 2.80. The second-order valence-corrected chi connectivity index (χ2v) is 7.03. The maximum absolute atomic E-state index is 12.0. The number of carboxylic acid groups (broad SMARTS) is 1. The molecule has 0 aromatic carbocycles. The van der Waals surface area contributed by atoms with Crippen molar-refractivity contribution < 1.29 is 18.3 Å². The highest BCUT2D eigenvalue weighted by Crippen LogP contribution is 2.30. The molecule has 1 aliphatic rings. The van der Waals surface area contributed by atoms with Crippen molar-refractivity contribution in [2.75, 3.05) is 0 Å². The van der Waals surface area contributed by atoms with E-state index in [4.69, 9.17) is 5.11 Å². The topological polar surface area (TPSA) is 102 Å². The van der Waals surface area contributed by atoms with Crippen LogP contribution in [-0.2, 0) is 21.2 Å². The lowest BCUT2D eigenvalue weighted by atomic mass is 10.1. The summed E-state index contributed by atoms with van der Waals surface area (Å²) < 4.78 is 25.1. The summed E-state index contributed by atoms with van der Waals surface area (Å²) in [5, 5.41) is 12.3. The zero-order chi connectivity index (χ0) is 15.0. The molecule has 1 N–H and O–H groups in total. The maximum atomic E-state index is 12.0. The molecule has 7 nitrogen and oxygen atoms in total. The van der Waals surface area contributed by atoms with E-state index >= 15 is 0 Å². The van der Waals surface area contributed by atoms with Gasteiger partial charge >= 0.3 is 5.97 Å². The first-order valence-corrected chi connectivity index (χ1v) is 7.93. The number of carboxylic acids is 1. The number of aliphatic carboxylic acids is 1. The Labute approximate surface area is 121 Å². The van der Waals surface area contributed by atoms with Gasteiger partial charge in [-0.2, -0.15) is 9.19 Å². The number of carbonyl (C=O) groups is 1. The molecule has 8 heteroatoms. The van der Waals surface area contributed by atoms with Crippen LogP contribution in [0.15, 0.2) is 30.7 Å². The first kappa shape index (κ1) is 13.7. The molecule has 2 aromatic heterocycles. The van der Waals surface area contributed by atoms with Crippen molar-refractivity contribution in [3.8, 4) is 11.1 Å². The normalized spacial score (nSPS) is 15.0. The van der Waals surface area contributed by atoms with E-state index in [1.165, 1.54) is 18.6 Å². The molecule has 0 amide bonds. The average molecular weight is 307 g/mol. The van der Waals surface area contributed by atoms with Gasteiger partial charge in [0.15, 0.2) is 0 Å². The molecule has 0 spiro atoms. The number of rotatable bonds is 5. The van der Waals surface area contributed by atoms with Crippen LogP contribution in [0.4, 0.5) is 0 Å². The van der Waals surface area contributed by atoms with E-state index in [2.05, 4.69) is 10.1 Å². The Hall–Kier alpha value is -2.22. The molecule has 110 valence electrons. The van der Waals surface area contributed by atoms with E-state index in [1.54, 1.807) is 12.1 Å². The first-order valence-electron chi connectivity index (χ1n) is 6.43. The molecule has 0 aliphatic heterocycles. The van der Waals surface area contributed by atoms with Crippen molar-refractivity contribution in [1.29, 1.82) is 0 Å². The zero-order valence-corrected chi connectivity index (χ0v) is 11.8. The van der Waals surface area contributed by atoms with Gasteiger partial charge in [-0.1, -0.05) is 6.07 Å². The van der Waals surface area contributed by atoms with Gasteiger partial charge < -0.3 is 5.11 Å². The predicted molar refractivity (Wildman–Crippen MR) is 74.1 cm³/mol. The fraction of sp³-hybridized carbons (Fsp3) is 0.308. The Morgan fingerprint density at radius 3 is 2.62 bits per heavy atom. The minimum atomic E-state index is -3.37. The summed E-state index contributed by atoms with van der Waals surface area (Å²) in [7, 11) is -3.37. The Bertz CT molecular complexity index is 776. The molecule has 0 bridgehead atoms. The molecule has 0 unspecified atom stereocenters. The number of hydrogen-bond acceptors (Lipinski definition) is 5. The lowest BCUT2D eigenvalue weighted by Gasteiger charge is -2.01. The number of nitrogens with zero attached hydrogens (tertiary/aromatic N) is 3. The van der Waals surface area contributed by atoms with Crippen LogP contribution in [0.1, 0.15) is 18.5 Å². The van der Waals surface area contributed by atoms with Gasteiger partial charge in [-0.25, -0.2) is 8.42 Å². The highest BCUT2D eigenvalue weighted by molar-refractivity contribution is 7.90. The van der Waals surface area contributed by atoms with Crippen LogP contribution in [0.2, 0.25) is 0 Å². The smallest absolute Gasteiger partial charge is 0.309 e. The molecule has 0 atom stereocenters. The molecular weight excluding hydrogens is 294 g/mol. The third-order valence-electron chi connectivity index (χ3n) is 3.26. The first-order chi connectivity index (χ1) is 9.96. The SMILES string of the molecule is O=C(O)Cc1ccc(-c2cnn(S(=O)(=O)C3CC3)c2)cn1. The molecular formula is C13H13N3O4S. The average Bonchev–Trinajstić information content (AvgIpc) is 3.17. The Kier molecular flexibility index (Phi) is 3.25. The monoisotopic (exact) mass is 307 g/mol. The summed E-state index contributed by atoms with van der Waals surface area (Å²) in [6.07, 6.45) is 5.67. The number of aromatic nitrogens is 3. The summed E-state index contributed by atoms with van der Waals surface area (Å²) in [4.78, 5) is 14.6. The second kappa shape index (κ2) is 4.96. The highest BCUT2D eigenvalue weighted by atomic mass is 32.2. The molecule has 0 saturated heterocycles. The molecule has 0 radical (unpaired) electrons. The maximum Gasteiger partial charge on any atom is 0.309 e. The van der Waals surface area contributed by atoms with Gasteiger partial charge in [0, 0.05) is 17.3 Å². The van der Waals surface area contributed by atoms with Crippen LogP contribution in [0.25, 0.3) is 11.1 Å². The van der Waals surface area contributed by atoms with Gasteiger partial charge in [0.25, 0.3) is 10.0 Å². The van der Waals surface area contributed by atoms with E-state index in [0.29, 0.717) is 29.7 Å². The van der Waals surface area contributed by atoms with Crippen LogP contribution < -0.4 is 0 Å². The zero-order valence-electron chi connectivity index (χ0n) is 11.0. The van der Waals surface area contributed by atoms with Gasteiger partial charge in [-0.3, -0.25) is 9.78 Å². The van der Waals surface area contributed by atoms with Crippen molar-refractivity contribution >= 4 is 16.0 Å².